The largest absolute Gasteiger partial charge is 0.462 e. The van der Waals surface area contributed by atoms with Crippen LogP contribution in [-0.4, -0.2) is 88.7 Å². The molecule has 4 aromatic rings. The number of aromatic nitrogens is 3. The van der Waals surface area contributed by atoms with Gasteiger partial charge in [-0.1, -0.05) is 30.3 Å². The molecule has 0 saturated carbocycles. The lowest BCUT2D eigenvalue weighted by Crippen LogP contribution is -2.55. The minimum absolute atomic E-state index is 0.000861. The topological polar surface area (TPSA) is 98.5 Å². The number of alkyl halides is 1. The smallest absolute Gasteiger partial charge is 0.319 e. The first-order valence-electron chi connectivity index (χ1n) is 14.5. The lowest BCUT2D eigenvalue weighted by atomic mass is 9.98. The van der Waals surface area contributed by atoms with E-state index in [-0.39, 0.29) is 85.0 Å². The minimum Gasteiger partial charge on any atom is -0.462 e. The normalized spacial score (nSPS) is 20.3. The van der Waals surface area contributed by atoms with Gasteiger partial charge in [-0.05, 0) is 25.6 Å². The van der Waals surface area contributed by atoms with E-state index in [0.717, 1.165) is 6.07 Å². The number of carbonyl (C=O) groups is 1. The number of rotatable bonds is 7. The monoisotopic (exact) mass is 653 g/mol. The van der Waals surface area contributed by atoms with Crippen molar-refractivity contribution in [3.05, 3.63) is 65.7 Å². The van der Waals surface area contributed by atoms with Crippen LogP contribution in [0.4, 0.5) is 23.4 Å². The average Bonchev–Trinajstić information content (AvgIpc) is 3.36. The summed E-state index contributed by atoms with van der Waals surface area (Å²) in [5, 5.41) is 10.7. The van der Waals surface area contributed by atoms with Gasteiger partial charge in [0.05, 0.1) is 24.1 Å². The molecule has 46 heavy (non-hydrogen) atoms. The highest BCUT2D eigenvalue weighted by Crippen LogP contribution is 2.40. The molecule has 2 saturated heterocycles. The molecule has 4 heterocycles. The molecule has 0 N–H and O–H groups in total. The number of likely N-dealkylation sites (N-methyl/N-ethyl adjacent to an activating group) is 1. The fourth-order valence-electron chi connectivity index (χ4n) is 6.22. The summed E-state index contributed by atoms with van der Waals surface area (Å²) in [6.45, 7) is 3.42. The van der Waals surface area contributed by atoms with Gasteiger partial charge < -0.3 is 14.5 Å². The number of nitriles is 1. The quantitative estimate of drug-likeness (QED) is 0.188. The van der Waals surface area contributed by atoms with E-state index in [1.54, 1.807) is 35.0 Å². The Labute approximate surface area is 266 Å². The predicted octanol–water partition coefficient (Wildman–Crippen LogP) is 5.61. The fraction of sp³-hybridized carbons (Fsp3) is 0.344. The van der Waals surface area contributed by atoms with Gasteiger partial charge in [0.25, 0.3) is 5.91 Å². The van der Waals surface area contributed by atoms with Crippen molar-refractivity contribution in [2.45, 2.75) is 31.1 Å². The molecule has 2 aliphatic rings. The van der Waals surface area contributed by atoms with Crippen LogP contribution in [0.15, 0.2) is 49.1 Å². The van der Waals surface area contributed by atoms with Crippen LogP contribution in [0.3, 0.4) is 0 Å². The van der Waals surface area contributed by atoms with E-state index in [1.165, 1.54) is 17.3 Å². The van der Waals surface area contributed by atoms with Gasteiger partial charge in [-0.15, -0.1) is 0 Å². The molecule has 238 valence electrons. The SMILES string of the molecule is C=C(F)C(=O)N1CCN(c2nc(OC[C@@H]3C[C@@H](F)CN3C)nc3c(F)c(-c4cncc5cccc(Cl)c45)c(F)cc23)C[C@@H]1CC#N. The first kappa shape index (κ1) is 31.4. The summed E-state index contributed by atoms with van der Waals surface area (Å²) >= 11 is 6.47. The highest BCUT2D eigenvalue weighted by atomic mass is 35.5. The second kappa shape index (κ2) is 12.7. The average molecular weight is 654 g/mol. The van der Waals surface area contributed by atoms with E-state index in [9.17, 15) is 18.8 Å². The highest BCUT2D eigenvalue weighted by Gasteiger charge is 2.35. The minimum atomic E-state index is -1.16. The second-order valence-electron chi connectivity index (χ2n) is 11.4. The summed E-state index contributed by atoms with van der Waals surface area (Å²) in [6, 6.07) is 6.88. The van der Waals surface area contributed by atoms with Crippen molar-refractivity contribution in [3.8, 4) is 23.2 Å². The number of ether oxygens (including phenoxy) is 1. The summed E-state index contributed by atoms with van der Waals surface area (Å²) < 4.78 is 66.4. The number of halogens is 5. The van der Waals surface area contributed by atoms with Crippen LogP contribution in [0.1, 0.15) is 12.8 Å². The number of hydrogen-bond acceptors (Lipinski definition) is 8. The van der Waals surface area contributed by atoms with E-state index in [2.05, 4.69) is 21.5 Å². The van der Waals surface area contributed by atoms with Crippen molar-refractivity contribution in [2.24, 2.45) is 0 Å². The van der Waals surface area contributed by atoms with E-state index in [0.29, 0.717) is 10.8 Å². The third-order valence-electron chi connectivity index (χ3n) is 8.49. The van der Waals surface area contributed by atoms with Gasteiger partial charge in [-0.2, -0.15) is 15.2 Å². The molecule has 0 unspecified atom stereocenters. The van der Waals surface area contributed by atoms with Gasteiger partial charge in [0.15, 0.2) is 11.6 Å². The van der Waals surface area contributed by atoms with Crippen LogP contribution in [0.5, 0.6) is 6.01 Å². The number of anilines is 1. The number of likely N-dealkylation sites (tertiary alicyclic amines) is 1. The Hall–Kier alpha value is -4.54. The Morgan fingerprint density at radius 1 is 1.20 bits per heavy atom. The Bertz CT molecular complexity index is 1900. The fourth-order valence-corrected chi connectivity index (χ4v) is 6.50. The number of piperazine rings is 1. The van der Waals surface area contributed by atoms with E-state index < -0.39 is 41.1 Å². The van der Waals surface area contributed by atoms with Crippen molar-refractivity contribution in [1.29, 1.82) is 5.26 Å². The molecule has 14 heteroatoms. The van der Waals surface area contributed by atoms with Crippen molar-refractivity contribution in [2.75, 3.05) is 44.7 Å². The molecule has 2 aliphatic heterocycles. The van der Waals surface area contributed by atoms with Crippen LogP contribution in [0.25, 0.3) is 32.8 Å². The maximum absolute atomic E-state index is 16.6. The summed E-state index contributed by atoms with van der Waals surface area (Å²) in [5.41, 5.74) is -0.530. The Kier molecular flexibility index (Phi) is 8.67. The maximum atomic E-state index is 16.6. The van der Waals surface area contributed by atoms with E-state index in [4.69, 9.17) is 16.3 Å². The standard InChI is InChI=1S/C32H28ClF4N7O2/c1-17(34)31(45)44-9-8-43(15-20(44)6-7-38)30-22-11-25(36)27(23-13-39-12-18-4-3-5-24(33)26(18)23)28(37)29(22)40-32(41-30)46-16-21-10-19(35)14-42(21)2/h3-5,11-13,19-21H,1,6,8-10,14-16H2,2H3/t19-,20+,21+/m1/s1. The molecule has 1 amide bonds. The van der Waals surface area contributed by atoms with Crippen LogP contribution >= 0.6 is 11.6 Å². The summed E-state index contributed by atoms with van der Waals surface area (Å²) in [5.74, 6) is -3.93. The number of amides is 1. The zero-order chi connectivity index (χ0) is 32.7. The van der Waals surface area contributed by atoms with Crippen molar-refractivity contribution in [3.63, 3.8) is 0 Å². The predicted molar refractivity (Wildman–Crippen MR) is 165 cm³/mol. The number of carbonyl (C=O) groups excluding carboxylic acids is 1. The summed E-state index contributed by atoms with van der Waals surface area (Å²) in [6.07, 6.45) is 1.94. The second-order valence-corrected chi connectivity index (χ2v) is 11.8. The first-order chi connectivity index (χ1) is 22.1. The van der Waals surface area contributed by atoms with E-state index in [1.807, 2.05) is 6.07 Å². The van der Waals surface area contributed by atoms with Gasteiger partial charge in [-0.25, -0.2) is 17.6 Å². The maximum Gasteiger partial charge on any atom is 0.319 e. The Morgan fingerprint density at radius 3 is 2.72 bits per heavy atom. The zero-order valence-electron chi connectivity index (χ0n) is 24.7. The number of pyridine rings is 1. The van der Waals surface area contributed by atoms with Crippen LogP contribution in [0, 0.1) is 23.0 Å². The van der Waals surface area contributed by atoms with Crippen molar-refractivity contribution >= 4 is 45.0 Å². The Morgan fingerprint density at radius 2 is 2.00 bits per heavy atom. The van der Waals surface area contributed by atoms with Gasteiger partial charge in [0.2, 0.25) is 0 Å². The lowest BCUT2D eigenvalue weighted by molar-refractivity contribution is -0.131. The van der Waals surface area contributed by atoms with Gasteiger partial charge in [-0.3, -0.25) is 14.7 Å². The van der Waals surface area contributed by atoms with Crippen molar-refractivity contribution < 1.29 is 27.1 Å². The number of fused-ring (bicyclic) bond motifs is 2. The van der Waals surface area contributed by atoms with E-state index >= 15 is 8.78 Å². The van der Waals surface area contributed by atoms with Crippen molar-refractivity contribution in [1.82, 2.24) is 24.8 Å². The van der Waals surface area contributed by atoms with Gasteiger partial charge in [0.1, 0.15) is 29.9 Å². The van der Waals surface area contributed by atoms with Crippen LogP contribution in [0.2, 0.25) is 5.02 Å². The van der Waals surface area contributed by atoms with Crippen LogP contribution in [-0.2, 0) is 4.79 Å². The third kappa shape index (κ3) is 5.78. The summed E-state index contributed by atoms with van der Waals surface area (Å²) in [4.78, 5) is 30.1. The van der Waals surface area contributed by atoms with Crippen LogP contribution < -0.4 is 9.64 Å². The zero-order valence-corrected chi connectivity index (χ0v) is 25.4. The molecule has 2 fully saturated rings. The highest BCUT2D eigenvalue weighted by molar-refractivity contribution is 6.36. The first-order valence-corrected chi connectivity index (χ1v) is 14.9. The molecule has 0 radical (unpaired) electrons. The Balaban J connectivity index is 1.48. The third-order valence-corrected chi connectivity index (χ3v) is 8.80. The molecule has 0 aliphatic carbocycles. The number of benzene rings is 2. The molecule has 0 spiro atoms. The number of hydrogen-bond donors (Lipinski definition) is 0. The molecule has 0 bridgehead atoms. The molecule has 2 aromatic carbocycles. The molecule has 3 atom stereocenters. The number of nitrogens with zero attached hydrogens (tertiary/aromatic N) is 7. The molecule has 6 rings (SSSR count). The summed E-state index contributed by atoms with van der Waals surface area (Å²) in [7, 11) is 1.76. The molecular formula is C32H28ClF4N7O2. The lowest BCUT2D eigenvalue weighted by Gasteiger charge is -2.41. The molecule has 2 aromatic heterocycles. The van der Waals surface area contributed by atoms with Gasteiger partial charge >= 0.3 is 6.01 Å². The van der Waals surface area contributed by atoms with Gasteiger partial charge in [0, 0.05) is 71.4 Å². The molecule has 9 nitrogen and oxygen atoms in total. The molecular weight excluding hydrogens is 626 g/mol.